The van der Waals surface area contributed by atoms with Gasteiger partial charge in [0, 0.05) is 12.1 Å². The summed E-state index contributed by atoms with van der Waals surface area (Å²) in [6, 6.07) is 1.27. The molecule has 0 aliphatic carbocycles. The highest BCUT2D eigenvalue weighted by Gasteiger charge is 2.29. The van der Waals surface area contributed by atoms with E-state index in [1.165, 1.54) is 6.92 Å². The molecule has 2 N–H and O–H groups in total. The molecule has 0 heterocycles. The molecule has 18 heavy (non-hydrogen) atoms. The number of aliphatic hydroxyl groups is 1. The zero-order valence-corrected chi connectivity index (χ0v) is 10.2. The van der Waals surface area contributed by atoms with Crippen LogP contribution in [0.15, 0.2) is 12.1 Å². The smallest absolute Gasteiger partial charge is 0.327 e. The Morgan fingerprint density at radius 3 is 2.44 bits per heavy atom. The number of aliphatic hydroxyl groups excluding tert-OH is 1. The van der Waals surface area contributed by atoms with Crippen molar-refractivity contribution in [3.63, 3.8) is 0 Å². The molecule has 7 heteroatoms. The SMILES string of the molecule is CC(O)C(C)(C)Nc1cc(F)cc(F)c1[N+](=O)[O-]. The number of nitro benzene ring substituents is 1. The summed E-state index contributed by atoms with van der Waals surface area (Å²) in [6.45, 7) is 4.59. The lowest BCUT2D eigenvalue weighted by Crippen LogP contribution is -2.42. The second kappa shape index (κ2) is 4.85. The van der Waals surface area contributed by atoms with Crippen LogP contribution in [-0.2, 0) is 0 Å². The van der Waals surface area contributed by atoms with Gasteiger partial charge >= 0.3 is 5.69 Å². The minimum Gasteiger partial charge on any atom is -0.391 e. The molecule has 0 saturated carbocycles. The number of benzene rings is 1. The summed E-state index contributed by atoms with van der Waals surface area (Å²) in [5.41, 5.74) is -2.11. The van der Waals surface area contributed by atoms with Crippen molar-refractivity contribution in [1.82, 2.24) is 0 Å². The van der Waals surface area contributed by atoms with Crippen LogP contribution in [0.5, 0.6) is 0 Å². The number of nitrogens with zero attached hydrogens (tertiary/aromatic N) is 1. The van der Waals surface area contributed by atoms with Crippen molar-refractivity contribution in [2.24, 2.45) is 0 Å². The van der Waals surface area contributed by atoms with Gasteiger partial charge in [0.05, 0.1) is 16.6 Å². The maximum atomic E-state index is 13.4. The zero-order valence-electron chi connectivity index (χ0n) is 10.2. The van der Waals surface area contributed by atoms with Gasteiger partial charge in [0.2, 0.25) is 5.82 Å². The second-order valence-electron chi connectivity index (χ2n) is 4.56. The molecule has 0 aromatic heterocycles. The van der Waals surface area contributed by atoms with Crippen LogP contribution < -0.4 is 5.32 Å². The van der Waals surface area contributed by atoms with E-state index in [4.69, 9.17) is 0 Å². The van der Waals surface area contributed by atoms with Crippen LogP contribution in [0, 0.1) is 21.7 Å². The molecule has 1 aromatic rings. The highest BCUT2D eigenvalue weighted by molar-refractivity contribution is 5.63. The first-order valence-electron chi connectivity index (χ1n) is 5.25. The van der Waals surface area contributed by atoms with Gasteiger partial charge < -0.3 is 10.4 Å². The Morgan fingerprint density at radius 2 is 2.00 bits per heavy atom. The first-order valence-corrected chi connectivity index (χ1v) is 5.25. The van der Waals surface area contributed by atoms with Crippen molar-refractivity contribution < 1.29 is 18.8 Å². The van der Waals surface area contributed by atoms with E-state index in [9.17, 15) is 24.0 Å². The summed E-state index contributed by atoms with van der Waals surface area (Å²) in [5.74, 6) is -2.19. The van der Waals surface area contributed by atoms with Crippen molar-refractivity contribution in [3.8, 4) is 0 Å². The molecule has 100 valence electrons. The van der Waals surface area contributed by atoms with E-state index in [1.54, 1.807) is 13.8 Å². The quantitative estimate of drug-likeness (QED) is 0.644. The lowest BCUT2D eigenvalue weighted by Gasteiger charge is -2.30. The molecule has 0 amide bonds. The van der Waals surface area contributed by atoms with Crippen LogP contribution in [0.1, 0.15) is 20.8 Å². The lowest BCUT2D eigenvalue weighted by molar-refractivity contribution is -0.386. The monoisotopic (exact) mass is 260 g/mol. The predicted octanol–water partition coefficient (Wildman–Crippen LogP) is 2.44. The third-order valence-electron chi connectivity index (χ3n) is 2.71. The number of anilines is 1. The summed E-state index contributed by atoms with van der Waals surface area (Å²) in [5, 5.41) is 22.8. The van der Waals surface area contributed by atoms with Gasteiger partial charge in [-0.1, -0.05) is 0 Å². The number of hydrogen-bond donors (Lipinski definition) is 2. The Hall–Kier alpha value is -1.76. The maximum absolute atomic E-state index is 13.4. The van der Waals surface area contributed by atoms with Gasteiger partial charge in [-0.3, -0.25) is 10.1 Å². The minimum atomic E-state index is -1.26. The average molecular weight is 260 g/mol. The summed E-state index contributed by atoms with van der Waals surface area (Å²) >= 11 is 0. The normalized spacial score (nSPS) is 13.2. The van der Waals surface area contributed by atoms with Gasteiger partial charge in [-0.2, -0.15) is 4.39 Å². The van der Waals surface area contributed by atoms with Crippen LogP contribution in [0.3, 0.4) is 0 Å². The molecule has 0 bridgehead atoms. The van der Waals surface area contributed by atoms with Gasteiger partial charge in [0.15, 0.2) is 0 Å². The molecule has 0 aliphatic heterocycles. The zero-order chi connectivity index (χ0) is 14.1. The Balaban J connectivity index is 3.27. The number of nitro groups is 1. The van der Waals surface area contributed by atoms with E-state index in [2.05, 4.69) is 5.32 Å². The van der Waals surface area contributed by atoms with E-state index >= 15 is 0 Å². The largest absolute Gasteiger partial charge is 0.391 e. The van der Waals surface area contributed by atoms with Crippen LogP contribution >= 0.6 is 0 Å². The van der Waals surface area contributed by atoms with Crippen molar-refractivity contribution in [3.05, 3.63) is 33.9 Å². The summed E-state index contributed by atoms with van der Waals surface area (Å²) in [4.78, 5) is 9.81. The maximum Gasteiger partial charge on any atom is 0.327 e. The van der Waals surface area contributed by atoms with E-state index in [-0.39, 0.29) is 5.69 Å². The second-order valence-corrected chi connectivity index (χ2v) is 4.56. The average Bonchev–Trinajstić information content (AvgIpc) is 2.13. The molecular formula is C11H14F2N2O3. The third kappa shape index (κ3) is 2.92. The van der Waals surface area contributed by atoms with Gasteiger partial charge in [-0.25, -0.2) is 4.39 Å². The number of halogens is 2. The van der Waals surface area contributed by atoms with Crippen molar-refractivity contribution >= 4 is 11.4 Å². The standard InChI is InChI=1S/C11H14F2N2O3/c1-6(16)11(2,3)14-9-5-7(12)4-8(13)10(9)15(17)18/h4-6,14,16H,1-3H3. The van der Waals surface area contributed by atoms with Crippen LogP contribution in [0.25, 0.3) is 0 Å². The minimum absolute atomic E-state index is 0.302. The lowest BCUT2D eigenvalue weighted by atomic mass is 9.98. The van der Waals surface area contributed by atoms with Crippen LogP contribution in [0.2, 0.25) is 0 Å². The third-order valence-corrected chi connectivity index (χ3v) is 2.71. The first-order chi connectivity index (χ1) is 8.15. The Labute approximate surface area is 103 Å². The molecule has 1 rings (SSSR count). The van der Waals surface area contributed by atoms with E-state index in [1.807, 2.05) is 0 Å². The summed E-state index contributed by atoms with van der Waals surface area (Å²) < 4.78 is 26.4. The molecule has 0 spiro atoms. The molecular weight excluding hydrogens is 246 g/mol. The van der Waals surface area contributed by atoms with Crippen LogP contribution in [0.4, 0.5) is 20.2 Å². The highest BCUT2D eigenvalue weighted by Crippen LogP contribution is 2.31. The van der Waals surface area contributed by atoms with E-state index in [0.29, 0.717) is 6.07 Å². The van der Waals surface area contributed by atoms with Crippen LogP contribution in [-0.4, -0.2) is 21.7 Å². The van der Waals surface area contributed by atoms with Gasteiger partial charge in [0.1, 0.15) is 11.5 Å². The van der Waals surface area contributed by atoms with Gasteiger partial charge in [0.25, 0.3) is 0 Å². The molecule has 0 fully saturated rings. The van der Waals surface area contributed by atoms with Crippen molar-refractivity contribution in [2.75, 3.05) is 5.32 Å². The Kier molecular flexibility index (Phi) is 3.85. The summed E-state index contributed by atoms with van der Waals surface area (Å²) in [6.07, 6.45) is -0.872. The predicted molar refractivity (Wildman–Crippen MR) is 62.4 cm³/mol. The molecule has 0 aliphatic rings. The fourth-order valence-electron chi connectivity index (χ4n) is 1.30. The molecule has 0 radical (unpaired) electrons. The molecule has 1 atom stereocenters. The summed E-state index contributed by atoms with van der Waals surface area (Å²) in [7, 11) is 0. The Bertz CT molecular complexity index is 476. The van der Waals surface area contributed by atoms with Gasteiger partial charge in [-0.15, -0.1) is 0 Å². The molecule has 5 nitrogen and oxygen atoms in total. The fraction of sp³-hybridized carbons (Fsp3) is 0.455. The van der Waals surface area contributed by atoms with E-state index in [0.717, 1.165) is 6.07 Å². The molecule has 1 aromatic carbocycles. The molecule has 1 unspecified atom stereocenters. The first kappa shape index (κ1) is 14.3. The molecule has 0 saturated heterocycles. The van der Waals surface area contributed by atoms with E-state index < -0.39 is 33.9 Å². The number of nitrogens with one attached hydrogen (secondary N) is 1. The van der Waals surface area contributed by atoms with Crippen molar-refractivity contribution in [2.45, 2.75) is 32.4 Å². The van der Waals surface area contributed by atoms with Crippen molar-refractivity contribution in [1.29, 1.82) is 0 Å². The number of rotatable bonds is 4. The topological polar surface area (TPSA) is 75.4 Å². The van der Waals surface area contributed by atoms with Gasteiger partial charge in [-0.05, 0) is 20.8 Å². The number of hydrogen-bond acceptors (Lipinski definition) is 4. The highest BCUT2D eigenvalue weighted by atomic mass is 19.1. The fourth-order valence-corrected chi connectivity index (χ4v) is 1.30. The Morgan fingerprint density at radius 1 is 1.44 bits per heavy atom.